The van der Waals surface area contributed by atoms with Gasteiger partial charge in [-0.1, -0.05) is 48.1 Å². The molecule has 100 valence electrons. The van der Waals surface area contributed by atoms with Gasteiger partial charge in [0.25, 0.3) is 0 Å². The van der Waals surface area contributed by atoms with E-state index in [1.54, 1.807) is 11.3 Å². The Morgan fingerprint density at radius 1 is 1.16 bits per heavy atom. The summed E-state index contributed by atoms with van der Waals surface area (Å²) in [5, 5.41) is 11.0. The Labute approximate surface area is 126 Å². The molecule has 1 fully saturated rings. The van der Waals surface area contributed by atoms with E-state index in [-0.39, 0.29) is 5.38 Å². The second-order valence-corrected chi connectivity index (χ2v) is 7.39. The third kappa shape index (κ3) is 3.12. The third-order valence-corrected chi connectivity index (χ3v) is 6.45. The Balaban J connectivity index is 1.77. The van der Waals surface area contributed by atoms with Gasteiger partial charge in [-0.25, -0.2) is 0 Å². The van der Waals surface area contributed by atoms with E-state index in [2.05, 4.69) is 10.2 Å². The van der Waals surface area contributed by atoms with Crippen molar-refractivity contribution < 1.29 is 0 Å². The van der Waals surface area contributed by atoms with E-state index in [1.807, 2.05) is 42.1 Å². The number of alkyl halides is 1. The lowest BCUT2D eigenvalue weighted by Crippen LogP contribution is -2.01. The first-order valence-electron chi connectivity index (χ1n) is 6.48. The van der Waals surface area contributed by atoms with Crippen LogP contribution in [0.4, 0.5) is 0 Å². The molecule has 0 spiro atoms. The first kappa shape index (κ1) is 13.4. The number of hydrogen-bond acceptors (Lipinski definition) is 4. The van der Waals surface area contributed by atoms with Gasteiger partial charge in [0, 0.05) is 0 Å². The largest absolute Gasteiger partial charge is 0.151 e. The van der Waals surface area contributed by atoms with Gasteiger partial charge in [0.1, 0.15) is 15.4 Å². The summed E-state index contributed by atoms with van der Waals surface area (Å²) in [6.45, 7) is 0. The minimum Gasteiger partial charge on any atom is -0.151 e. The number of rotatable bonds is 3. The lowest BCUT2D eigenvalue weighted by Gasteiger charge is -2.18. The van der Waals surface area contributed by atoms with Crippen molar-refractivity contribution in [1.29, 1.82) is 0 Å². The van der Waals surface area contributed by atoms with Crippen LogP contribution in [-0.2, 0) is 0 Å². The SMILES string of the molecule is ClC(c1ccccc1)c1nnc(C2CCCCS2)s1. The highest BCUT2D eigenvalue weighted by atomic mass is 35.5. The average molecular weight is 311 g/mol. The summed E-state index contributed by atoms with van der Waals surface area (Å²) in [4.78, 5) is 0. The van der Waals surface area contributed by atoms with Gasteiger partial charge >= 0.3 is 0 Å². The van der Waals surface area contributed by atoms with E-state index in [1.165, 1.54) is 25.0 Å². The Kier molecular flexibility index (Phi) is 4.41. The zero-order chi connectivity index (χ0) is 13.1. The molecule has 1 aliphatic heterocycles. The number of nitrogens with zero attached hydrogens (tertiary/aromatic N) is 2. The van der Waals surface area contributed by atoms with Crippen LogP contribution in [-0.4, -0.2) is 16.0 Å². The molecule has 2 atom stereocenters. The second-order valence-electron chi connectivity index (χ2n) is 4.61. The molecule has 0 radical (unpaired) electrons. The minimum atomic E-state index is -0.180. The van der Waals surface area contributed by atoms with E-state index in [9.17, 15) is 0 Å². The molecule has 2 heterocycles. The van der Waals surface area contributed by atoms with Crippen LogP contribution < -0.4 is 0 Å². The molecule has 0 amide bonds. The summed E-state index contributed by atoms with van der Waals surface area (Å²) in [6.07, 6.45) is 3.85. The maximum atomic E-state index is 6.48. The van der Waals surface area contributed by atoms with Crippen LogP contribution in [0.2, 0.25) is 0 Å². The second kappa shape index (κ2) is 6.25. The van der Waals surface area contributed by atoms with Crippen molar-refractivity contribution in [3.8, 4) is 0 Å². The quantitative estimate of drug-likeness (QED) is 0.760. The van der Waals surface area contributed by atoms with Gasteiger partial charge in [-0.2, -0.15) is 11.8 Å². The van der Waals surface area contributed by atoms with Gasteiger partial charge in [0.2, 0.25) is 0 Å². The fourth-order valence-corrected chi connectivity index (χ4v) is 4.90. The van der Waals surface area contributed by atoms with E-state index < -0.39 is 0 Å². The number of aromatic nitrogens is 2. The molecule has 2 nitrogen and oxygen atoms in total. The van der Waals surface area contributed by atoms with Crippen molar-refractivity contribution in [1.82, 2.24) is 10.2 Å². The minimum absolute atomic E-state index is 0.180. The molecular formula is C14H15ClN2S2. The molecule has 0 aliphatic carbocycles. The summed E-state index contributed by atoms with van der Waals surface area (Å²) >= 11 is 10.2. The molecule has 19 heavy (non-hydrogen) atoms. The van der Waals surface area contributed by atoms with Gasteiger partial charge in [-0.15, -0.1) is 21.8 Å². The first-order valence-corrected chi connectivity index (χ1v) is 8.78. The molecule has 0 saturated carbocycles. The number of hydrogen-bond donors (Lipinski definition) is 0. The van der Waals surface area contributed by atoms with Crippen LogP contribution in [0.1, 0.15) is 45.5 Å². The molecular weight excluding hydrogens is 296 g/mol. The highest BCUT2D eigenvalue weighted by molar-refractivity contribution is 7.99. The summed E-state index contributed by atoms with van der Waals surface area (Å²) in [5.74, 6) is 1.24. The van der Waals surface area contributed by atoms with Crippen LogP contribution in [0, 0.1) is 0 Å². The molecule has 1 saturated heterocycles. The van der Waals surface area contributed by atoms with E-state index >= 15 is 0 Å². The smallest absolute Gasteiger partial charge is 0.139 e. The van der Waals surface area contributed by atoms with Crippen molar-refractivity contribution in [2.75, 3.05) is 5.75 Å². The average Bonchev–Trinajstić information content (AvgIpc) is 2.98. The predicted molar refractivity (Wildman–Crippen MR) is 83.1 cm³/mol. The number of benzene rings is 1. The Bertz CT molecular complexity index is 523. The van der Waals surface area contributed by atoms with Crippen LogP contribution >= 0.6 is 34.7 Å². The normalized spacial score (nSPS) is 21.2. The van der Waals surface area contributed by atoms with E-state index in [4.69, 9.17) is 11.6 Å². The molecule has 1 aromatic carbocycles. The maximum Gasteiger partial charge on any atom is 0.139 e. The molecule has 3 rings (SSSR count). The van der Waals surface area contributed by atoms with Gasteiger partial charge < -0.3 is 0 Å². The Morgan fingerprint density at radius 2 is 2.00 bits per heavy atom. The predicted octanol–water partition coefficient (Wildman–Crippen LogP) is 4.82. The fourth-order valence-electron chi connectivity index (χ4n) is 2.18. The van der Waals surface area contributed by atoms with Gasteiger partial charge in [0.15, 0.2) is 0 Å². The van der Waals surface area contributed by atoms with Crippen LogP contribution in [0.3, 0.4) is 0 Å². The van der Waals surface area contributed by atoms with Gasteiger partial charge in [-0.05, 0) is 24.2 Å². The van der Waals surface area contributed by atoms with Gasteiger partial charge in [-0.3, -0.25) is 0 Å². The zero-order valence-corrected chi connectivity index (χ0v) is 12.8. The lowest BCUT2D eigenvalue weighted by atomic mass is 10.1. The molecule has 2 unspecified atom stereocenters. The Hall–Kier alpha value is -0.580. The van der Waals surface area contributed by atoms with E-state index in [0.717, 1.165) is 15.6 Å². The maximum absolute atomic E-state index is 6.48. The van der Waals surface area contributed by atoms with Crippen LogP contribution in [0.15, 0.2) is 30.3 Å². The Morgan fingerprint density at radius 3 is 2.74 bits per heavy atom. The van der Waals surface area contributed by atoms with Crippen LogP contribution in [0.25, 0.3) is 0 Å². The highest BCUT2D eigenvalue weighted by Crippen LogP contribution is 2.41. The molecule has 0 bridgehead atoms. The summed E-state index contributed by atoms with van der Waals surface area (Å²) in [7, 11) is 0. The van der Waals surface area contributed by atoms with Crippen molar-refractivity contribution in [2.24, 2.45) is 0 Å². The van der Waals surface area contributed by atoms with Crippen molar-refractivity contribution in [3.05, 3.63) is 45.9 Å². The van der Waals surface area contributed by atoms with Crippen molar-refractivity contribution in [2.45, 2.75) is 29.9 Å². The number of halogens is 1. The molecule has 1 aliphatic rings. The first-order chi connectivity index (χ1) is 9.34. The van der Waals surface area contributed by atoms with Crippen LogP contribution in [0.5, 0.6) is 0 Å². The third-order valence-electron chi connectivity index (χ3n) is 3.22. The highest BCUT2D eigenvalue weighted by Gasteiger charge is 2.22. The van der Waals surface area contributed by atoms with E-state index in [0.29, 0.717) is 5.25 Å². The van der Waals surface area contributed by atoms with Gasteiger partial charge in [0.05, 0.1) is 5.25 Å². The number of thioether (sulfide) groups is 1. The molecule has 0 N–H and O–H groups in total. The monoisotopic (exact) mass is 310 g/mol. The lowest BCUT2D eigenvalue weighted by molar-refractivity contribution is 0.679. The summed E-state index contributed by atoms with van der Waals surface area (Å²) in [5.41, 5.74) is 1.09. The zero-order valence-electron chi connectivity index (χ0n) is 10.5. The molecule has 2 aromatic rings. The fraction of sp³-hybridized carbons (Fsp3) is 0.429. The van der Waals surface area contributed by atoms with Crippen molar-refractivity contribution >= 4 is 34.7 Å². The standard InChI is InChI=1S/C14H15ClN2S2/c15-12(10-6-2-1-3-7-10)14-17-16-13(19-14)11-8-4-5-9-18-11/h1-3,6-7,11-12H,4-5,8-9H2. The van der Waals surface area contributed by atoms with Crippen molar-refractivity contribution in [3.63, 3.8) is 0 Å². The molecule has 5 heteroatoms. The molecule has 1 aromatic heterocycles. The summed E-state index contributed by atoms with van der Waals surface area (Å²) in [6, 6.07) is 10.1. The summed E-state index contributed by atoms with van der Waals surface area (Å²) < 4.78 is 0. The topological polar surface area (TPSA) is 25.8 Å².